The highest BCUT2D eigenvalue weighted by atomic mass is 16.5. The summed E-state index contributed by atoms with van der Waals surface area (Å²) in [6.07, 6.45) is 7.57. The van der Waals surface area contributed by atoms with E-state index in [0.29, 0.717) is 28.8 Å². The SMILES string of the molecule is CCC(C)Oc1ccc(-c2nnc(CCC(=O)NCC3CCCCC3)c(=O)[nH]2)cc1OC. The molecule has 3 rings (SSSR count). The second-order valence-electron chi connectivity index (χ2n) is 8.46. The molecule has 1 fully saturated rings. The molecule has 1 unspecified atom stereocenters. The van der Waals surface area contributed by atoms with Crippen molar-refractivity contribution in [1.29, 1.82) is 0 Å². The summed E-state index contributed by atoms with van der Waals surface area (Å²) >= 11 is 0. The van der Waals surface area contributed by atoms with Crippen LogP contribution in [0.15, 0.2) is 23.0 Å². The summed E-state index contributed by atoms with van der Waals surface area (Å²) in [5.74, 6) is 2.06. The summed E-state index contributed by atoms with van der Waals surface area (Å²) in [6, 6.07) is 5.36. The third kappa shape index (κ3) is 6.55. The van der Waals surface area contributed by atoms with Gasteiger partial charge in [-0.3, -0.25) is 9.59 Å². The van der Waals surface area contributed by atoms with Crippen molar-refractivity contribution in [2.24, 2.45) is 5.92 Å². The zero-order chi connectivity index (χ0) is 22.9. The van der Waals surface area contributed by atoms with Crippen molar-refractivity contribution >= 4 is 5.91 Å². The molecular weight excluding hydrogens is 408 g/mol. The number of methoxy groups -OCH3 is 1. The number of aromatic amines is 1. The molecule has 0 saturated heterocycles. The van der Waals surface area contributed by atoms with Crippen LogP contribution < -0.4 is 20.3 Å². The van der Waals surface area contributed by atoms with Crippen LogP contribution in [0.1, 0.15) is 64.5 Å². The van der Waals surface area contributed by atoms with Crippen LogP contribution in [0.4, 0.5) is 0 Å². The van der Waals surface area contributed by atoms with Gasteiger partial charge in [-0.15, -0.1) is 10.2 Å². The molecule has 1 amide bonds. The number of aromatic nitrogens is 3. The Morgan fingerprint density at radius 2 is 2.00 bits per heavy atom. The Morgan fingerprint density at radius 3 is 2.69 bits per heavy atom. The molecule has 0 radical (unpaired) electrons. The largest absolute Gasteiger partial charge is 0.493 e. The van der Waals surface area contributed by atoms with Crippen LogP contribution in [-0.2, 0) is 11.2 Å². The Bertz CT molecular complexity index is 953. The summed E-state index contributed by atoms with van der Waals surface area (Å²) in [5, 5.41) is 11.2. The number of carbonyl (C=O) groups is 1. The van der Waals surface area contributed by atoms with Gasteiger partial charge in [0, 0.05) is 24.9 Å². The predicted octanol–water partition coefficient (Wildman–Crippen LogP) is 3.65. The zero-order valence-electron chi connectivity index (χ0n) is 19.3. The second-order valence-corrected chi connectivity index (χ2v) is 8.46. The Hall–Kier alpha value is -2.90. The molecule has 2 N–H and O–H groups in total. The number of ether oxygens (including phenoxy) is 2. The number of nitrogens with one attached hydrogen (secondary N) is 2. The number of benzene rings is 1. The van der Waals surface area contributed by atoms with Gasteiger partial charge >= 0.3 is 0 Å². The van der Waals surface area contributed by atoms with Gasteiger partial charge in [-0.05, 0) is 50.3 Å². The lowest BCUT2D eigenvalue weighted by Gasteiger charge is -2.21. The number of carbonyl (C=O) groups excluding carboxylic acids is 1. The smallest absolute Gasteiger partial charge is 0.273 e. The van der Waals surface area contributed by atoms with Gasteiger partial charge in [0.15, 0.2) is 17.3 Å². The van der Waals surface area contributed by atoms with E-state index in [0.717, 1.165) is 13.0 Å². The molecule has 0 aliphatic heterocycles. The van der Waals surface area contributed by atoms with Crippen LogP contribution in [0.2, 0.25) is 0 Å². The van der Waals surface area contributed by atoms with E-state index in [-0.39, 0.29) is 36.1 Å². The van der Waals surface area contributed by atoms with Crippen LogP contribution in [0.25, 0.3) is 11.4 Å². The highest BCUT2D eigenvalue weighted by Crippen LogP contribution is 2.32. The fourth-order valence-corrected chi connectivity index (χ4v) is 3.84. The first-order valence-corrected chi connectivity index (χ1v) is 11.6. The van der Waals surface area contributed by atoms with Gasteiger partial charge in [0.05, 0.1) is 13.2 Å². The van der Waals surface area contributed by atoms with Crippen LogP contribution in [0.5, 0.6) is 11.5 Å². The molecule has 1 aliphatic rings. The van der Waals surface area contributed by atoms with E-state index in [1.807, 2.05) is 13.8 Å². The van der Waals surface area contributed by atoms with Crippen LogP contribution >= 0.6 is 0 Å². The minimum Gasteiger partial charge on any atom is -0.493 e. The van der Waals surface area contributed by atoms with Gasteiger partial charge in [0.2, 0.25) is 5.91 Å². The van der Waals surface area contributed by atoms with E-state index in [4.69, 9.17) is 9.47 Å². The molecule has 174 valence electrons. The van der Waals surface area contributed by atoms with Crippen molar-refractivity contribution in [1.82, 2.24) is 20.5 Å². The first kappa shape index (κ1) is 23.8. The fourth-order valence-electron chi connectivity index (χ4n) is 3.84. The number of hydrogen-bond acceptors (Lipinski definition) is 6. The van der Waals surface area contributed by atoms with Crippen molar-refractivity contribution in [3.8, 4) is 22.9 Å². The molecule has 8 nitrogen and oxygen atoms in total. The lowest BCUT2D eigenvalue weighted by molar-refractivity contribution is -0.121. The standard InChI is InChI=1S/C24H34N4O4/c1-4-16(2)32-20-12-10-18(14-21(20)31-3)23-26-24(30)19(27-28-23)11-13-22(29)25-15-17-8-6-5-7-9-17/h10,12,14,16-17H,4-9,11,13,15H2,1-3H3,(H,25,29)(H,26,28,30). The van der Waals surface area contributed by atoms with Gasteiger partial charge in [-0.2, -0.15) is 0 Å². The van der Waals surface area contributed by atoms with Crippen LogP contribution in [-0.4, -0.2) is 40.8 Å². The van der Waals surface area contributed by atoms with E-state index >= 15 is 0 Å². The maximum Gasteiger partial charge on any atom is 0.273 e. The average molecular weight is 443 g/mol. The highest BCUT2D eigenvalue weighted by Gasteiger charge is 2.16. The molecule has 2 aromatic rings. The Kier molecular flexibility index (Phi) is 8.64. The molecule has 1 heterocycles. The fraction of sp³-hybridized carbons (Fsp3) is 0.583. The number of nitrogens with zero attached hydrogens (tertiary/aromatic N) is 2. The van der Waals surface area contributed by atoms with E-state index in [9.17, 15) is 9.59 Å². The van der Waals surface area contributed by atoms with Crippen molar-refractivity contribution in [3.05, 3.63) is 34.2 Å². The number of rotatable bonds is 10. The normalized spacial score (nSPS) is 15.2. The topological polar surface area (TPSA) is 106 Å². The molecule has 8 heteroatoms. The zero-order valence-corrected chi connectivity index (χ0v) is 19.3. The molecule has 1 aliphatic carbocycles. The molecule has 32 heavy (non-hydrogen) atoms. The van der Waals surface area contributed by atoms with Crippen molar-refractivity contribution in [2.75, 3.05) is 13.7 Å². The van der Waals surface area contributed by atoms with Crippen LogP contribution in [0.3, 0.4) is 0 Å². The minimum atomic E-state index is -0.339. The Morgan fingerprint density at radius 1 is 1.22 bits per heavy atom. The van der Waals surface area contributed by atoms with Crippen molar-refractivity contribution in [3.63, 3.8) is 0 Å². The number of hydrogen-bond donors (Lipinski definition) is 2. The monoisotopic (exact) mass is 442 g/mol. The highest BCUT2D eigenvalue weighted by molar-refractivity contribution is 5.76. The second kappa shape index (κ2) is 11.6. The first-order chi connectivity index (χ1) is 15.5. The van der Waals surface area contributed by atoms with E-state index in [1.54, 1.807) is 25.3 Å². The predicted molar refractivity (Wildman–Crippen MR) is 123 cm³/mol. The average Bonchev–Trinajstić information content (AvgIpc) is 2.82. The molecule has 0 spiro atoms. The number of H-pyrrole nitrogens is 1. The van der Waals surface area contributed by atoms with E-state index in [1.165, 1.54) is 32.1 Å². The van der Waals surface area contributed by atoms with Gasteiger partial charge < -0.3 is 19.8 Å². The Balaban J connectivity index is 1.59. The Labute approximate surface area is 189 Å². The van der Waals surface area contributed by atoms with Gasteiger partial charge in [0.1, 0.15) is 5.69 Å². The van der Waals surface area contributed by atoms with E-state index < -0.39 is 0 Å². The lowest BCUT2D eigenvalue weighted by atomic mass is 9.89. The summed E-state index contributed by atoms with van der Waals surface area (Å²) in [7, 11) is 1.57. The molecular formula is C24H34N4O4. The summed E-state index contributed by atoms with van der Waals surface area (Å²) < 4.78 is 11.3. The lowest BCUT2D eigenvalue weighted by Crippen LogP contribution is -2.31. The van der Waals surface area contributed by atoms with Gasteiger partial charge in [0.25, 0.3) is 5.56 Å². The molecule has 1 aromatic heterocycles. The minimum absolute atomic E-state index is 0.0533. The first-order valence-electron chi connectivity index (χ1n) is 11.6. The third-order valence-corrected chi connectivity index (χ3v) is 6.01. The summed E-state index contributed by atoms with van der Waals surface area (Å²) in [6.45, 7) is 4.76. The van der Waals surface area contributed by atoms with Crippen molar-refractivity contribution < 1.29 is 14.3 Å². The van der Waals surface area contributed by atoms with Gasteiger partial charge in [-0.25, -0.2) is 0 Å². The third-order valence-electron chi connectivity index (χ3n) is 6.01. The molecule has 1 aromatic carbocycles. The number of aryl methyl sites for hydroxylation is 1. The maximum absolute atomic E-state index is 12.5. The maximum atomic E-state index is 12.5. The van der Waals surface area contributed by atoms with Crippen molar-refractivity contribution in [2.45, 2.75) is 71.3 Å². The molecule has 1 atom stereocenters. The number of amides is 1. The summed E-state index contributed by atoms with van der Waals surface area (Å²) in [5.41, 5.74) is 0.582. The molecule has 0 bridgehead atoms. The van der Waals surface area contributed by atoms with E-state index in [2.05, 4.69) is 20.5 Å². The quantitative estimate of drug-likeness (QED) is 0.582. The van der Waals surface area contributed by atoms with Gasteiger partial charge in [-0.1, -0.05) is 26.2 Å². The van der Waals surface area contributed by atoms with Crippen LogP contribution in [0, 0.1) is 5.92 Å². The molecule has 1 saturated carbocycles. The summed E-state index contributed by atoms with van der Waals surface area (Å²) in [4.78, 5) is 27.4.